The Bertz CT molecular complexity index is 1010. The highest BCUT2D eigenvalue weighted by atomic mass is 35.5. The van der Waals surface area contributed by atoms with E-state index in [9.17, 15) is 22.4 Å². The van der Waals surface area contributed by atoms with Gasteiger partial charge in [-0.2, -0.15) is 0 Å². The number of halogens is 2. The third-order valence-electron chi connectivity index (χ3n) is 4.28. The number of anilines is 1. The average Bonchev–Trinajstić information content (AvgIpc) is 3.00. The highest BCUT2D eigenvalue weighted by molar-refractivity contribution is 7.89. The van der Waals surface area contributed by atoms with Crippen molar-refractivity contribution in [3.05, 3.63) is 58.9 Å². The Morgan fingerprint density at radius 2 is 1.89 bits per heavy atom. The summed E-state index contributed by atoms with van der Waals surface area (Å²) >= 11 is 5.89. The molecule has 9 heteroatoms. The molecule has 1 fully saturated rings. The van der Waals surface area contributed by atoms with Gasteiger partial charge in [-0.05, 0) is 61.4 Å². The topological polar surface area (TPSA) is 83.6 Å². The number of nitrogens with zero attached hydrogens (tertiary/aromatic N) is 1. The molecule has 6 nitrogen and oxygen atoms in total. The Balaban J connectivity index is 1.89. The zero-order valence-corrected chi connectivity index (χ0v) is 15.8. The number of hydrogen-bond acceptors (Lipinski definition) is 4. The maximum atomic E-state index is 13.1. The lowest BCUT2D eigenvalue weighted by Crippen LogP contribution is -2.45. The standard InChI is InChI=1S/C18H16ClFN2O4S/c1-11-10-12(19)2-7-15(11)21-18(24)16-8-9-17(23)22(16)27(25,26)14-5-3-13(20)4-6-14/h2-7,10,16H,8-9H2,1H3,(H,21,24)/t16-/m0/s1. The molecular formula is C18H16ClFN2O4S. The Morgan fingerprint density at radius 1 is 1.22 bits per heavy atom. The summed E-state index contributed by atoms with van der Waals surface area (Å²) in [6, 6.07) is 7.77. The van der Waals surface area contributed by atoms with Crippen LogP contribution in [0.1, 0.15) is 18.4 Å². The molecule has 0 aliphatic carbocycles. The number of carbonyl (C=O) groups excluding carboxylic acids is 2. The van der Waals surface area contributed by atoms with Gasteiger partial charge in [0.25, 0.3) is 10.0 Å². The Labute approximate surface area is 161 Å². The van der Waals surface area contributed by atoms with Crippen molar-refractivity contribution in [2.45, 2.75) is 30.7 Å². The first-order chi connectivity index (χ1) is 12.7. The Hall–Kier alpha value is -2.45. The van der Waals surface area contributed by atoms with E-state index in [1.165, 1.54) is 0 Å². The van der Waals surface area contributed by atoms with E-state index in [0.29, 0.717) is 20.6 Å². The molecular weight excluding hydrogens is 395 g/mol. The van der Waals surface area contributed by atoms with Gasteiger partial charge in [-0.3, -0.25) is 9.59 Å². The van der Waals surface area contributed by atoms with Crippen molar-refractivity contribution in [2.24, 2.45) is 0 Å². The van der Waals surface area contributed by atoms with Crippen LogP contribution in [0.15, 0.2) is 47.4 Å². The van der Waals surface area contributed by atoms with Crippen LogP contribution < -0.4 is 5.32 Å². The van der Waals surface area contributed by atoms with Crippen LogP contribution in [0.5, 0.6) is 0 Å². The molecule has 2 aromatic rings. The molecule has 0 bridgehead atoms. The number of carbonyl (C=O) groups is 2. The molecule has 1 saturated heterocycles. The molecule has 1 heterocycles. The summed E-state index contributed by atoms with van der Waals surface area (Å²) in [4.78, 5) is 24.6. The second kappa shape index (κ2) is 7.28. The van der Waals surface area contributed by atoms with E-state index in [1.54, 1.807) is 25.1 Å². The lowest BCUT2D eigenvalue weighted by molar-refractivity contribution is -0.128. The van der Waals surface area contributed by atoms with E-state index in [2.05, 4.69) is 5.32 Å². The third kappa shape index (κ3) is 3.81. The first-order valence-corrected chi connectivity index (χ1v) is 9.92. The normalized spacial score (nSPS) is 17.2. The number of hydrogen-bond donors (Lipinski definition) is 1. The first-order valence-electron chi connectivity index (χ1n) is 8.10. The fraction of sp³-hybridized carbons (Fsp3) is 0.222. The lowest BCUT2D eigenvalue weighted by Gasteiger charge is -2.24. The van der Waals surface area contributed by atoms with Crippen molar-refractivity contribution in [1.82, 2.24) is 4.31 Å². The molecule has 2 amide bonds. The number of benzene rings is 2. The second-order valence-electron chi connectivity index (χ2n) is 6.15. The van der Waals surface area contributed by atoms with Crippen LogP contribution in [-0.4, -0.2) is 30.6 Å². The summed E-state index contributed by atoms with van der Waals surface area (Å²) in [5, 5.41) is 3.15. The van der Waals surface area contributed by atoms with E-state index >= 15 is 0 Å². The lowest BCUT2D eigenvalue weighted by atomic mass is 10.1. The maximum absolute atomic E-state index is 13.1. The van der Waals surface area contributed by atoms with Crippen LogP contribution in [0.4, 0.5) is 10.1 Å². The monoisotopic (exact) mass is 410 g/mol. The molecule has 142 valence electrons. The van der Waals surface area contributed by atoms with Gasteiger partial charge in [-0.1, -0.05) is 11.6 Å². The fourth-order valence-electron chi connectivity index (χ4n) is 2.90. The van der Waals surface area contributed by atoms with Crippen molar-refractivity contribution in [2.75, 3.05) is 5.32 Å². The van der Waals surface area contributed by atoms with E-state index in [0.717, 1.165) is 24.3 Å². The average molecular weight is 411 g/mol. The summed E-state index contributed by atoms with van der Waals surface area (Å²) in [6.07, 6.45) is -0.00413. The van der Waals surface area contributed by atoms with Crippen molar-refractivity contribution in [1.29, 1.82) is 0 Å². The Morgan fingerprint density at radius 3 is 2.52 bits per heavy atom. The van der Waals surface area contributed by atoms with Crippen molar-refractivity contribution in [3.8, 4) is 0 Å². The SMILES string of the molecule is Cc1cc(Cl)ccc1NC(=O)[C@@H]1CCC(=O)N1S(=O)(=O)c1ccc(F)cc1. The molecule has 0 spiro atoms. The maximum Gasteiger partial charge on any atom is 0.267 e. The predicted octanol–water partition coefficient (Wildman–Crippen LogP) is 3.11. The molecule has 2 aromatic carbocycles. The van der Waals surface area contributed by atoms with Gasteiger partial charge in [0.15, 0.2) is 0 Å². The zero-order valence-electron chi connectivity index (χ0n) is 14.3. The molecule has 3 rings (SSSR count). The van der Waals surface area contributed by atoms with Gasteiger partial charge in [-0.25, -0.2) is 17.1 Å². The van der Waals surface area contributed by atoms with E-state index in [1.807, 2.05) is 0 Å². The molecule has 27 heavy (non-hydrogen) atoms. The molecule has 0 saturated carbocycles. The quantitative estimate of drug-likeness (QED) is 0.839. The minimum Gasteiger partial charge on any atom is -0.324 e. The van der Waals surface area contributed by atoms with E-state index < -0.39 is 33.7 Å². The summed E-state index contributed by atoms with van der Waals surface area (Å²) in [7, 11) is -4.27. The fourth-order valence-corrected chi connectivity index (χ4v) is 4.73. The predicted molar refractivity (Wildman–Crippen MR) is 98.3 cm³/mol. The second-order valence-corrected chi connectivity index (χ2v) is 8.40. The number of rotatable bonds is 4. The van der Waals surface area contributed by atoms with Crippen LogP contribution in [0, 0.1) is 12.7 Å². The van der Waals surface area contributed by atoms with Crippen LogP contribution in [0.2, 0.25) is 5.02 Å². The minimum absolute atomic E-state index is 0.0672. The van der Waals surface area contributed by atoms with Gasteiger partial charge in [0.2, 0.25) is 11.8 Å². The van der Waals surface area contributed by atoms with Crippen LogP contribution in [0.3, 0.4) is 0 Å². The van der Waals surface area contributed by atoms with Crippen molar-refractivity contribution < 1.29 is 22.4 Å². The third-order valence-corrected chi connectivity index (χ3v) is 6.36. The van der Waals surface area contributed by atoms with Gasteiger partial charge in [0.1, 0.15) is 11.9 Å². The van der Waals surface area contributed by atoms with Gasteiger partial charge >= 0.3 is 0 Å². The molecule has 1 atom stereocenters. The first kappa shape index (κ1) is 19.3. The van der Waals surface area contributed by atoms with Crippen molar-refractivity contribution >= 4 is 39.1 Å². The smallest absolute Gasteiger partial charge is 0.267 e. The molecule has 0 unspecified atom stereocenters. The number of aryl methyl sites for hydroxylation is 1. The highest BCUT2D eigenvalue weighted by Gasteiger charge is 2.44. The van der Waals surface area contributed by atoms with E-state index in [-0.39, 0.29) is 17.7 Å². The van der Waals surface area contributed by atoms with E-state index in [4.69, 9.17) is 11.6 Å². The number of amides is 2. The number of nitrogens with one attached hydrogen (secondary N) is 1. The van der Waals surface area contributed by atoms with Crippen LogP contribution >= 0.6 is 11.6 Å². The largest absolute Gasteiger partial charge is 0.324 e. The van der Waals surface area contributed by atoms with Crippen LogP contribution in [0.25, 0.3) is 0 Å². The van der Waals surface area contributed by atoms with Gasteiger partial charge < -0.3 is 5.32 Å². The molecule has 0 radical (unpaired) electrons. The van der Waals surface area contributed by atoms with Crippen LogP contribution in [-0.2, 0) is 19.6 Å². The Kier molecular flexibility index (Phi) is 5.21. The van der Waals surface area contributed by atoms with Crippen molar-refractivity contribution in [3.63, 3.8) is 0 Å². The minimum atomic E-state index is -4.27. The molecule has 1 N–H and O–H groups in total. The summed E-state index contributed by atoms with van der Waals surface area (Å²) < 4.78 is 39.3. The van der Waals surface area contributed by atoms with Gasteiger partial charge in [-0.15, -0.1) is 0 Å². The summed E-state index contributed by atoms with van der Waals surface area (Å²) in [6.45, 7) is 1.74. The molecule has 0 aromatic heterocycles. The molecule has 1 aliphatic rings. The van der Waals surface area contributed by atoms with Gasteiger partial charge in [0, 0.05) is 17.1 Å². The van der Waals surface area contributed by atoms with Gasteiger partial charge in [0.05, 0.1) is 4.90 Å². The summed E-state index contributed by atoms with van der Waals surface area (Å²) in [5.74, 6) is -1.89. The summed E-state index contributed by atoms with van der Waals surface area (Å²) in [5.41, 5.74) is 1.18. The highest BCUT2D eigenvalue weighted by Crippen LogP contribution is 2.29. The molecule has 1 aliphatic heterocycles. The zero-order chi connectivity index (χ0) is 19.8. The number of sulfonamides is 1.